The molecule has 1 saturated heterocycles. The summed E-state index contributed by atoms with van der Waals surface area (Å²) in [5.74, 6) is 2.28. The molecule has 3 heterocycles. The third kappa shape index (κ3) is 4.16. The first kappa shape index (κ1) is 18.0. The van der Waals surface area contributed by atoms with Crippen molar-refractivity contribution >= 4 is 23.3 Å². The zero-order valence-corrected chi connectivity index (χ0v) is 16.4. The molecule has 0 bridgehead atoms. The van der Waals surface area contributed by atoms with Crippen molar-refractivity contribution in [2.45, 2.75) is 37.0 Å². The van der Waals surface area contributed by atoms with Crippen LogP contribution in [-0.4, -0.2) is 44.2 Å². The molecule has 1 aromatic carbocycles. The van der Waals surface area contributed by atoms with Gasteiger partial charge in [-0.1, -0.05) is 23.8 Å². The van der Waals surface area contributed by atoms with E-state index in [-0.39, 0.29) is 11.8 Å². The van der Waals surface area contributed by atoms with Gasteiger partial charge in [-0.15, -0.1) is 22.0 Å². The van der Waals surface area contributed by atoms with Crippen molar-refractivity contribution in [2.24, 2.45) is 0 Å². The minimum Gasteiger partial charge on any atom is -0.342 e. The number of hydrogen-bond acceptors (Lipinski definition) is 4. The monoisotopic (exact) mass is 380 g/mol. The van der Waals surface area contributed by atoms with Gasteiger partial charge in [-0.25, -0.2) is 0 Å². The van der Waals surface area contributed by atoms with Gasteiger partial charge in [0.15, 0.2) is 5.65 Å². The summed E-state index contributed by atoms with van der Waals surface area (Å²) in [7, 11) is 0. The molecule has 1 atom stereocenters. The number of carbonyl (C=O) groups excluding carboxylic acids is 1. The summed E-state index contributed by atoms with van der Waals surface area (Å²) in [5, 5.41) is 8.65. The minimum atomic E-state index is 0.244. The van der Waals surface area contributed by atoms with Gasteiger partial charge in [0.05, 0.1) is 0 Å². The van der Waals surface area contributed by atoms with Crippen LogP contribution in [0.1, 0.15) is 36.6 Å². The molecular formula is C21H24N4OS. The van der Waals surface area contributed by atoms with E-state index in [0.717, 1.165) is 43.2 Å². The second-order valence-corrected chi connectivity index (χ2v) is 8.25. The van der Waals surface area contributed by atoms with Crippen LogP contribution in [0.15, 0.2) is 53.6 Å². The first-order chi connectivity index (χ1) is 13.2. The molecule has 4 rings (SSSR count). The van der Waals surface area contributed by atoms with Crippen molar-refractivity contribution in [2.75, 3.05) is 18.8 Å². The highest BCUT2D eigenvalue weighted by atomic mass is 32.2. The van der Waals surface area contributed by atoms with Crippen LogP contribution in [-0.2, 0) is 4.79 Å². The molecule has 140 valence electrons. The first-order valence-corrected chi connectivity index (χ1v) is 10.5. The van der Waals surface area contributed by atoms with E-state index >= 15 is 0 Å². The average molecular weight is 381 g/mol. The fourth-order valence-corrected chi connectivity index (χ4v) is 4.44. The normalized spacial score (nSPS) is 17.4. The van der Waals surface area contributed by atoms with Gasteiger partial charge in [-0.05, 0) is 44.0 Å². The molecule has 0 aliphatic carbocycles. The Morgan fingerprint density at radius 3 is 2.89 bits per heavy atom. The van der Waals surface area contributed by atoms with E-state index in [1.54, 1.807) is 11.8 Å². The van der Waals surface area contributed by atoms with Crippen LogP contribution in [0.4, 0.5) is 0 Å². The lowest BCUT2D eigenvalue weighted by atomic mass is 9.97. The zero-order chi connectivity index (χ0) is 18.6. The number of thioether (sulfide) groups is 1. The Balaban J connectivity index is 1.35. The average Bonchev–Trinajstić information content (AvgIpc) is 3.14. The second-order valence-electron chi connectivity index (χ2n) is 7.08. The number of carbonyl (C=O) groups is 1. The number of hydrogen-bond donors (Lipinski definition) is 0. The number of rotatable bonds is 5. The number of pyridine rings is 1. The first-order valence-electron chi connectivity index (χ1n) is 9.47. The summed E-state index contributed by atoms with van der Waals surface area (Å²) in [6, 6.07) is 14.4. The van der Waals surface area contributed by atoms with Crippen LogP contribution in [0.2, 0.25) is 0 Å². The van der Waals surface area contributed by atoms with Crippen molar-refractivity contribution < 1.29 is 4.79 Å². The fourth-order valence-electron chi connectivity index (χ4n) is 3.60. The Labute approximate surface area is 163 Å². The Hall–Kier alpha value is -2.34. The molecule has 0 N–H and O–H groups in total. The van der Waals surface area contributed by atoms with Crippen LogP contribution >= 0.6 is 11.8 Å². The number of aryl methyl sites for hydroxylation is 1. The molecule has 0 spiro atoms. The Morgan fingerprint density at radius 1 is 1.19 bits per heavy atom. The quantitative estimate of drug-likeness (QED) is 0.630. The molecule has 1 fully saturated rings. The number of nitrogens with zero attached hydrogens (tertiary/aromatic N) is 4. The molecule has 2 aromatic heterocycles. The molecule has 0 radical (unpaired) electrons. The number of aromatic nitrogens is 3. The van der Waals surface area contributed by atoms with Crippen molar-refractivity contribution in [3.63, 3.8) is 0 Å². The van der Waals surface area contributed by atoms with E-state index in [1.165, 1.54) is 10.5 Å². The van der Waals surface area contributed by atoms with E-state index in [2.05, 4.69) is 41.4 Å². The Kier molecular flexibility index (Phi) is 5.43. The van der Waals surface area contributed by atoms with Gasteiger partial charge in [0.25, 0.3) is 0 Å². The maximum absolute atomic E-state index is 12.7. The summed E-state index contributed by atoms with van der Waals surface area (Å²) in [6.45, 7) is 3.67. The number of fused-ring (bicyclic) bond motifs is 1. The Morgan fingerprint density at radius 2 is 2.04 bits per heavy atom. The third-order valence-corrected chi connectivity index (χ3v) is 6.10. The van der Waals surface area contributed by atoms with Crippen molar-refractivity contribution in [1.29, 1.82) is 0 Å². The van der Waals surface area contributed by atoms with E-state index < -0.39 is 0 Å². The summed E-state index contributed by atoms with van der Waals surface area (Å²) in [4.78, 5) is 15.9. The minimum absolute atomic E-state index is 0.244. The van der Waals surface area contributed by atoms with Crippen molar-refractivity contribution in [3.05, 3.63) is 60.0 Å². The molecule has 0 saturated carbocycles. The number of amides is 1. The van der Waals surface area contributed by atoms with E-state index in [9.17, 15) is 4.79 Å². The molecule has 1 amide bonds. The SMILES string of the molecule is Cc1ccc(SCCC(=O)N2CCCC(c3nnc4ccccn34)C2)cc1. The second kappa shape index (κ2) is 8.13. The number of likely N-dealkylation sites (tertiary alicyclic amines) is 1. The summed E-state index contributed by atoms with van der Waals surface area (Å²) >= 11 is 1.75. The fraction of sp³-hybridized carbons (Fsp3) is 0.381. The molecule has 6 heteroatoms. The number of benzene rings is 1. The third-order valence-electron chi connectivity index (χ3n) is 5.08. The Bertz CT molecular complexity index is 921. The molecular weight excluding hydrogens is 356 g/mol. The summed E-state index contributed by atoms with van der Waals surface area (Å²) in [6.07, 6.45) is 4.65. The van der Waals surface area contributed by atoms with E-state index in [1.807, 2.05) is 33.7 Å². The molecule has 27 heavy (non-hydrogen) atoms. The highest BCUT2D eigenvalue weighted by Gasteiger charge is 2.27. The lowest BCUT2D eigenvalue weighted by Gasteiger charge is -2.32. The predicted molar refractivity (Wildman–Crippen MR) is 108 cm³/mol. The number of piperidine rings is 1. The lowest BCUT2D eigenvalue weighted by Crippen LogP contribution is -2.39. The maximum Gasteiger partial charge on any atom is 0.223 e. The van der Waals surface area contributed by atoms with Gasteiger partial charge in [0.2, 0.25) is 5.91 Å². The van der Waals surface area contributed by atoms with Gasteiger partial charge >= 0.3 is 0 Å². The van der Waals surface area contributed by atoms with E-state index in [0.29, 0.717) is 6.42 Å². The van der Waals surface area contributed by atoms with Crippen LogP contribution in [0.25, 0.3) is 5.65 Å². The summed E-state index contributed by atoms with van der Waals surface area (Å²) in [5.41, 5.74) is 2.13. The van der Waals surface area contributed by atoms with Crippen LogP contribution in [0.3, 0.4) is 0 Å². The van der Waals surface area contributed by atoms with Crippen LogP contribution < -0.4 is 0 Å². The largest absolute Gasteiger partial charge is 0.342 e. The topological polar surface area (TPSA) is 50.5 Å². The lowest BCUT2D eigenvalue weighted by molar-refractivity contribution is -0.132. The highest BCUT2D eigenvalue weighted by molar-refractivity contribution is 7.99. The van der Waals surface area contributed by atoms with Gasteiger partial charge < -0.3 is 4.90 Å². The predicted octanol–water partition coefficient (Wildman–Crippen LogP) is 3.93. The van der Waals surface area contributed by atoms with Gasteiger partial charge in [0.1, 0.15) is 5.82 Å². The molecule has 5 nitrogen and oxygen atoms in total. The highest BCUT2D eigenvalue weighted by Crippen LogP contribution is 2.27. The van der Waals surface area contributed by atoms with Crippen molar-refractivity contribution in [3.8, 4) is 0 Å². The zero-order valence-electron chi connectivity index (χ0n) is 15.5. The van der Waals surface area contributed by atoms with Crippen LogP contribution in [0, 0.1) is 6.92 Å². The van der Waals surface area contributed by atoms with Crippen molar-refractivity contribution in [1.82, 2.24) is 19.5 Å². The standard InChI is InChI=1S/C21H24N4OS/c1-16-7-9-18(10-8-16)27-14-11-20(26)24-12-4-5-17(15-24)21-23-22-19-6-2-3-13-25(19)21/h2-3,6-10,13,17H,4-5,11-12,14-15H2,1H3. The van der Waals surface area contributed by atoms with Crippen LogP contribution in [0.5, 0.6) is 0 Å². The molecule has 1 aliphatic rings. The molecule has 3 aromatic rings. The van der Waals surface area contributed by atoms with Gasteiger partial charge in [0, 0.05) is 42.3 Å². The van der Waals surface area contributed by atoms with E-state index in [4.69, 9.17) is 0 Å². The maximum atomic E-state index is 12.7. The molecule has 1 aliphatic heterocycles. The smallest absolute Gasteiger partial charge is 0.223 e. The molecule has 1 unspecified atom stereocenters. The summed E-state index contributed by atoms with van der Waals surface area (Å²) < 4.78 is 2.05. The van der Waals surface area contributed by atoms with Gasteiger partial charge in [-0.2, -0.15) is 0 Å². The van der Waals surface area contributed by atoms with Gasteiger partial charge in [-0.3, -0.25) is 9.20 Å².